The maximum atomic E-state index is 15.1. The van der Waals surface area contributed by atoms with E-state index in [9.17, 15) is 5.26 Å². The van der Waals surface area contributed by atoms with Crippen LogP contribution in [0.25, 0.3) is 88.4 Å². The van der Waals surface area contributed by atoms with E-state index in [4.69, 9.17) is 0 Å². The molecule has 2 aromatic heterocycles. The van der Waals surface area contributed by atoms with Gasteiger partial charge in [-0.05, 0) is 102 Å². The van der Waals surface area contributed by atoms with E-state index < -0.39 is 34.6 Å². The van der Waals surface area contributed by atoms with Crippen LogP contribution in [0.2, 0.25) is 0 Å². The summed E-state index contributed by atoms with van der Waals surface area (Å²) in [4.78, 5) is 0. The summed E-state index contributed by atoms with van der Waals surface area (Å²) in [7, 11) is 0. The molecular weight excluding hydrogens is 793 g/mol. The van der Waals surface area contributed by atoms with Crippen LogP contribution in [0.4, 0.5) is 26.3 Å². The molecule has 0 aliphatic carbocycles. The van der Waals surface area contributed by atoms with Gasteiger partial charge >= 0.3 is 12.4 Å². The third kappa shape index (κ3) is 6.05. The molecule has 0 atom stereocenters. The molecule has 9 heteroatoms. The van der Waals surface area contributed by atoms with Crippen molar-refractivity contribution in [1.29, 1.82) is 5.26 Å². The summed E-state index contributed by atoms with van der Waals surface area (Å²) in [6.45, 7) is 4.03. The number of hydrogen-bond donors (Lipinski definition) is 0. The molecule has 0 saturated carbocycles. The Balaban J connectivity index is 1.36. The lowest BCUT2D eigenvalue weighted by Crippen LogP contribution is -2.16. The van der Waals surface area contributed by atoms with E-state index in [-0.39, 0.29) is 11.3 Å². The molecule has 0 aliphatic heterocycles. The minimum absolute atomic E-state index is 0.107. The average molecular weight is 826 g/mol. The van der Waals surface area contributed by atoms with Crippen molar-refractivity contribution < 1.29 is 26.3 Å². The first-order valence-electron chi connectivity index (χ1n) is 19.9. The highest BCUT2D eigenvalue weighted by atomic mass is 19.4. The third-order valence-corrected chi connectivity index (χ3v) is 11.9. The second-order valence-corrected chi connectivity index (χ2v) is 15.5. The van der Waals surface area contributed by atoms with Crippen LogP contribution in [-0.2, 0) is 12.4 Å². The smallest absolute Gasteiger partial charge is 0.308 e. The molecule has 0 saturated heterocycles. The van der Waals surface area contributed by atoms with Gasteiger partial charge in [0.25, 0.3) is 0 Å². The van der Waals surface area contributed by atoms with Gasteiger partial charge in [0.1, 0.15) is 11.6 Å². The van der Waals surface area contributed by atoms with E-state index in [1.807, 2.05) is 134 Å². The number of fused-ring (bicyclic) bond motifs is 6. The predicted molar refractivity (Wildman–Crippen MR) is 236 cm³/mol. The van der Waals surface area contributed by atoms with Crippen LogP contribution >= 0.6 is 0 Å². The van der Waals surface area contributed by atoms with Crippen LogP contribution < -0.4 is 0 Å². The van der Waals surface area contributed by atoms with E-state index in [1.54, 1.807) is 16.7 Å². The number of hydrogen-bond acceptors (Lipinski definition) is 1. The van der Waals surface area contributed by atoms with Gasteiger partial charge in [-0.15, -0.1) is 0 Å². The number of aromatic nitrogens is 2. The molecule has 0 amide bonds. The van der Waals surface area contributed by atoms with Crippen LogP contribution in [0, 0.1) is 25.2 Å². The first kappa shape index (κ1) is 38.6. The largest absolute Gasteiger partial charge is 0.417 e. The highest BCUT2D eigenvalue weighted by Gasteiger charge is 2.42. The molecule has 10 rings (SSSR count). The van der Waals surface area contributed by atoms with E-state index in [0.717, 1.165) is 50.2 Å². The zero-order valence-electron chi connectivity index (χ0n) is 33.2. The number of nitriles is 1. The maximum Gasteiger partial charge on any atom is 0.417 e. The molecular formula is C53H33F6N3. The van der Waals surface area contributed by atoms with Gasteiger partial charge in [0.15, 0.2) is 0 Å². The minimum atomic E-state index is -5.18. The summed E-state index contributed by atoms with van der Waals surface area (Å²) in [5, 5.41) is 14.6. The van der Waals surface area contributed by atoms with E-state index >= 15 is 26.3 Å². The number of benzene rings is 8. The lowest BCUT2D eigenvalue weighted by Gasteiger charge is -2.24. The summed E-state index contributed by atoms with van der Waals surface area (Å²) in [5.74, 6) is 0. The molecule has 0 N–H and O–H groups in total. The lowest BCUT2D eigenvalue weighted by molar-refractivity contribution is -0.142. The topological polar surface area (TPSA) is 33.6 Å². The average Bonchev–Trinajstić information content (AvgIpc) is 3.77. The van der Waals surface area contributed by atoms with E-state index in [1.165, 1.54) is 12.1 Å². The number of nitrogens with zero attached hydrogens (tertiary/aromatic N) is 3. The second kappa shape index (κ2) is 14.3. The molecule has 8 aromatic carbocycles. The summed E-state index contributed by atoms with van der Waals surface area (Å²) in [5.41, 5.74) is 4.08. The Labute approximate surface area is 351 Å². The first-order chi connectivity index (χ1) is 29.8. The van der Waals surface area contributed by atoms with E-state index in [2.05, 4.69) is 12.1 Å². The molecule has 302 valence electrons. The Kier molecular flexibility index (Phi) is 8.89. The Morgan fingerprint density at radius 2 is 0.887 bits per heavy atom. The van der Waals surface area contributed by atoms with Crippen molar-refractivity contribution >= 4 is 43.6 Å². The van der Waals surface area contributed by atoms with Gasteiger partial charge < -0.3 is 9.13 Å². The molecule has 0 bridgehead atoms. The van der Waals surface area contributed by atoms with Crippen molar-refractivity contribution in [2.24, 2.45) is 0 Å². The van der Waals surface area contributed by atoms with Gasteiger partial charge in [0.05, 0.1) is 44.6 Å². The number of aryl methyl sites for hydroxylation is 2. The molecule has 0 radical (unpaired) electrons. The summed E-state index contributed by atoms with van der Waals surface area (Å²) in [6.07, 6.45) is -10.4. The first-order valence-corrected chi connectivity index (χ1v) is 19.9. The summed E-state index contributed by atoms with van der Waals surface area (Å²) >= 11 is 0. The molecule has 10 aromatic rings. The van der Waals surface area contributed by atoms with Crippen LogP contribution in [-0.4, -0.2) is 9.13 Å². The van der Waals surface area contributed by atoms with Crippen LogP contribution in [0.5, 0.6) is 0 Å². The van der Waals surface area contributed by atoms with Crippen LogP contribution in [0.15, 0.2) is 164 Å². The monoisotopic (exact) mass is 825 g/mol. The number of rotatable bonds is 5. The zero-order chi connectivity index (χ0) is 43.1. The Morgan fingerprint density at radius 3 is 1.39 bits per heavy atom. The van der Waals surface area contributed by atoms with Crippen molar-refractivity contribution in [2.75, 3.05) is 0 Å². The fourth-order valence-electron chi connectivity index (χ4n) is 9.20. The van der Waals surface area contributed by atoms with Gasteiger partial charge in [-0.1, -0.05) is 109 Å². The molecule has 62 heavy (non-hydrogen) atoms. The number of alkyl halides is 6. The van der Waals surface area contributed by atoms with Gasteiger partial charge in [0.2, 0.25) is 0 Å². The fourth-order valence-corrected chi connectivity index (χ4v) is 9.20. The Morgan fingerprint density at radius 1 is 0.435 bits per heavy atom. The van der Waals surface area contributed by atoms with Crippen molar-refractivity contribution in [3.05, 3.63) is 192 Å². The van der Waals surface area contributed by atoms with Gasteiger partial charge in [-0.2, -0.15) is 31.6 Å². The fraction of sp³-hybridized carbons (Fsp3) is 0.0755. The molecule has 2 heterocycles. The normalized spacial score (nSPS) is 12.2. The number of halogens is 6. The van der Waals surface area contributed by atoms with Crippen molar-refractivity contribution in [2.45, 2.75) is 26.2 Å². The van der Waals surface area contributed by atoms with Crippen LogP contribution in [0.1, 0.15) is 27.8 Å². The van der Waals surface area contributed by atoms with Gasteiger partial charge in [-0.25, -0.2) is 0 Å². The van der Waals surface area contributed by atoms with Crippen molar-refractivity contribution in [1.82, 2.24) is 9.13 Å². The van der Waals surface area contributed by atoms with Gasteiger partial charge in [0, 0.05) is 32.7 Å². The van der Waals surface area contributed by atoms with E-state index in [0.29, 0.717) is 50.7 Å². The maximum absolute atomic E-state index is 15.1. The molecule has 3 nitrogen and oxygen atoms in total. The minimum Gasteiger partial charge on any atom is -0.308 e. The van der Waals surface area contributed by atoms with Crippen LogP contribution in [0.3, 0.4) is 0 Å². The second-order valence-electron chi connectivity index (χ2n) is 15.5. The molecule has 0 aliphatic rings. The SMILES string of the molecule is Cc1ccccc1-c1ccc2c(c1)c1ccccc1n2-c1ccc(-c2c(C(F)(F)F)cccc2C(F)(F)F)c(-n2c3ccccc3c3cc(-c4ccccc4C)ccc32)c1C#N. The molecule has 0 spiro atoms. The number of para-hydroxylation sites is 2. The molecule has 0 fully saturated rings. The summed E-state index contributed by atoms with van der Waals surface area (Å²) in [6, 6.07) is 49.6. The predicted octanol–water partition coefficient (Wildman–Crippen LogP) is 15.4. The van der Waals surface area contributed by atoms with Crippen molar-refractivity contribution in [3.8, 4) is 50.8 Å². The van der Waals surface area contributed by atoms with Crippen molar-refractivity contribution in [3.63, 3.8) is 0 Å². The standard InChI is InChI=1S/C53H33F6N3/c1-31-12-3-5-14-35(31)33-22-25-47-40(28-33)37-16-7-9-20-45(37)61(47)49-27-24-39(50-43(52(54,55)56)18-11-19-44(50)53(57,58)59)51(42(49)30-60)62-46-21-10-8-17-38(46)41-29-34(23-26-48(41)62)36-15-6-4-13-32(36)2/h3-29H,1-2H3. The highest BCUT2D eigenvalue weighted by Crippen LogP contribution is 2.49. The lowest BCUT2D eigenvalue weighted by atomic mass is 9.90. The third-order valence-electron chi connectivity index (χ3n) is 11.9. The zero-order valence-corrected chi connectivity index (χ0v) is 33.2. The Bertz CT molecular complexity index is 3450. The molecule has 0 unspecified atom stereocenters. The quantitative estimate of drug-likeness (QED) is 0.159. The van der Waals surface area contributed by atoms with Gasteiger partial charge in [-0.3, -0.25) is 0 Å². The highest BCUT2D eigenvalue weighted by molar-refractivity contribution is 6.13. The Hall–Kier alpha value is -7.57. The summed E-state index contributed by atoms with van der Waals surface area (Å²) < 4.78 is 94.1.